The zero-order valence-electron chi connectivity index (χ0n) is 10.1. The summed E-state index contributed by atoms with van der Waals surface area (Å²) in [5, 5.41) is 0. The molecule has 0 saturated heterocycles. The fourth-order valence-corrected chi connectivity index (χ4v) is 3.57. The Labute approximate surface area is 102 Å². The van der Waals surface area contributed by atoms with Crippen LogP contribution in [0, 0.1) is 5.92 Å². The number of benzene rings is 1. The van der Waals surface area contributed by atoms with Crippen LogP contribution in [0.4, 0.5) is 5.69 Å². The average Bonchev–Trinajstić information content (AvgIpc) is 2.93. The van der Waals surface area contributed by atoms with Gasteiger partial charge in [-0.05, 0) is 36.5 Å². The molecule has 94 valence electrons. The summed E-state index contributed by atoms with van der Waals surface area (Å²) in [5.41, 5.74) is 6.94. The molecule has 1 aliphatic rings. The van der Waals surface area contributed by atoms with Crippen molar-refractivity contribution in [1.29, 1.82) is 0 Å². The Balaban J connectivity index is 2.34. The molecule has 0 amide bonds. The molecule has 1 saturated carbocycles. The lowest BCUT2D eigenvalue weighted by Gasteiger charge is -2.11. The number of aryl methyl sites for hydroxylation is 1. The molecular weight excluding hydrogens is 236 g/mol. The average molecular weight is 254 g/mol. The molecule has 1 fully saturated rings. The molecule has 1 aliphatic carbocycles. The zero-order chi connectivity index (χ0) is 12.6. The lowest BCUT2D eigenvalue weighted by atomic mass is 10.1. The van der Waals surface area contributed by atoms with E-state index in [9.17, 15) is 8.42 Å². The van der Waals surface area contributed by atoms with Crippen LogP contribution in [0.5, 0.6) is 0 Å². The Bertz CT molecular complexity index is 525. The summed E-state index contributed by atoms with van der Waals surface area (Å²) in [5.74, 6) is 0.441. The number of hydrogen-bond acceptors (Lipinski definition) is 3. The Hall–Kier alpha value is -1.07. The van der Waals surface area contributed by atoms with Crippen LogP contribution in [-0.2, 0) is 16.4 Å². The van der Waals surface area contributed by atoms with Crippen molar-refractivity contribution in [3.63, 3.8) is 0 Å². The van der Waals surface area contributed by atoms with Gasteiger partial charge in [-0.1, -0.05) is 19.9 Å². The Kier molecular flexibility index (Phi) is 3.14. The monoisotopic (exact) mass is 254 g/mol. The molecule has 2 unspecified atom stereocenters. The lowest BCUT2D eigenvalue weighted by molar-refractivity contribution is 0.577. The summed E-state index contributed by atoms with van der Waals surface area (Å²) < 4.78 is 27.1. The third-order valence-electron chi connectivity index (χ3n) is 3.18. The van der Waals surface area contributed by atoms with E-state index in [0.717, 1.165) is 12.0 Å². The molecule has 5 heteroatoms. The van der Waals surface area contributed by atoms with E-state index in [1.54, 1.807) is 12.1 Å². The van der Waals surface area contributed by atoms with Crippen molar-refractivity contribution >= 4 is 15.7 Å². The van der Waals surface area contributed by atoms with Crippen LogP contribution in [0.15, 0.2) is 23.1 Å². The molecule has 1 aromatic carbocycles. The van der Waals surface area contributed by atoms with E-state index >= 15 is 0 Å². The van der Waals surface area contributed by atoms with E-state index < -0.39 is 10.0 Å². The standard InChI is InChI=1S/C12H18N2O2S/c1-3-9-4-5-10(13)7-12(9)17(15,16)14-11-6-8(11)2/h4-5,7-8,11,14H,3,6,13H2,1-2H3. The summed E-state index contributed by atoms with van der Waals surface area (Å²) >= 11 is 0. The number of nitrogens with one attached hydrogen (secondary N) is 1. The van der Waals surface area contributed by atoms with Gasteiger partial charge in [0.1, 0.15) is 0 Å². The minimum absolute atomic E-state index is 0.0890. The number of nitrogens with two attached hydrogens (primary N) is 1. The molecule has 0 radical (unpaired) electrons. The normalized spacial score (nSPS) is 23.6. The predicted octanol–water partition coefficient (Wildman–Crippen LogP) is 1.52. The second-order valence-corrected chi connectivity index (χ2v) is 6.34. The molecule has 0 aliphatic heterocycles. The first kappa shape index (κ1) is 12.4. The molecule has 1 aromatic rings. The van der Waals surface area contributed by atoms with E-state index in [2.05, 4.69) is 4.72 Å². The maximum absolute atomic E-state index is 12.2. The quantitative estimate of drug-likeness (QED) is 0.800. The number of hydrogen-bond donors (Lipinski definition) is 2. The van der Waals surface area contributed by atoms with E-state index in [1.807, 2.05) is 13.8 Å². The number of anilines is 1. The lowest BCUT2D eigenvalue weighted by Crippen LogP contribution is -2.27. The maximum Gasteiger partial charge on any atom is 0.241 e. The summed E-state index contributed by atoms with van der Waals surface area (Å²) in [6, 6.07) is 5.14. The van der Waals surface area contributed by atoms with E-state index in [1.165, 1.54) is 6.07 Å². The van der Waals surface area contributed by atoms with Crippen molar-refractivity contribution in [2.45, 2.75) is 37.6 Å². The van der Waals surface area contributed by atoms with Gasteiger partial charge in [-0.2, -0.15) is 0 Å². The van der Waals surface area contributed by atoms with Gasteiger partial charge in [0.25, 0.3) is 0 Å². The van der Waals surface area contributed by atoms with Crippen LogP contribution in [0.1, 0.15) is 25.8 Å². The number of sulfonamides is 1. The van der Waals surface area contributed by atoms with Crippen LogP contribution in [0.25, 0.3) is 0 Å². The third-order valence-corrected chi connectivity index (χ3v) is 4.75. The van der Waals surface area contributed by atoms with E-state index in [4.69, 9.17) is 5.73 Å². The minimum Gasteiger partial charge on any atom is -0.399 e. The summed E-state index contributed by atoms with van der Waals surface area (Å²) in [6.07, 6.45) is 1.60. The zero-order valence-corrected chi connectivity index (χ0v) is 10.9. The number of nitrogen functional groups attached to an aromatic ring is 1. The van der Waals surface area contributed by atoms with Gasteiger partial charge in [-0.25, -0.2) is 13.1 Å². The van der Waals surface area contributed by atoms with Gasteiger partial charge in [0.05, 0.1) is 4.90 Å². The molecule has 2 atom stereocenters. The highest BCUT2D eigenvalue weighted by Crippen LogP contribution is 2.31. The highest BCUT2D eigenvalue weighted by atomic mass is 32.2. The fourth-order valence-electron chi connectivity index (χ4n) is 1.86. The molecule has 0 bridgehead atoms. The molecular formula is C12H18N2O2S. The van der Waals surface area contributed by atoms with Gasteiger partial charge < -0.3 is 5.73 Å². The van der Waals surface area contributed by atoms with Crippen molar-refractivity contribution in [3.8, 4) is 0 Å². The smallest absolute Gasteiger partial charge is 0.241 e. The highest BCUT2D eigenvalue weighted by Gasteiger charge is 2.36. The Morgan fingerprint density at radius 2 is 2.12 bits per heavy atom. The van der Waals surface area contributed by atoms with Gasteiger partial charge in [0.2, 0.25) is 10.0 Å². The van der Waals surface area contributed by atoms with Gasteiger partial charge in [0, 0.05) is 11.7 Å². The highest BCUT2D eigenvalue weighted by molar-refractivity contribution is 7.89. The summed E-state index contributed by atoms with van der Waals surface area (Å²) in [4.78, 5) is 0.319. The first-order valence-electron chi connectivity index (χ1n) is 5.84. The largest absolute Gasteiger partial charge is 0.399 e. The molecule has 17 heavy (non-hydrogen) atoms. The minimum atomic E-state index is -3.43. The van der Waals surface area contributed by atoms with Crippen molar-refractivity contribution in [2.75, 3.05) is 5.73 Å². The fraction of sp³-hybridized carbons (Fsp3) is 0.500. The van der Waals surface area contributed by atoms with Crippen molar-refractivity contribution in [3.05, 3.63) is 23.8 Å². The van der Waals surface area contributed by atoms with Crippen LogP contribution in [0.2, 0.25) is 0 Å². The molecule has 2 rings (SSSR count). The van der Waals surface area contributed by atoms with Crippen molar-refractivity contribution in [1.82, 2.24) is 4.72 Å². The van der Waals surface area contributed by atoms with Gasteiger partial charge in [0.15, 0.2) is 0 Å². The van der Waals surface area contributed by atoms with Crippen molar-refractivity contribution in [2.24, 2.45) is 5.92 Å². The molecule has 0 aromatic heterocycles. The van der Waals surface area contributed by atoms with Crippen molar-refractivity contribution < 1.29 is 8.42 Å². The Morgan fingerprint density at radius 3 is 2.65 bits per heavy atom. The third kappa shape index (κ3) is 2.61. The molecule has 4 nitrogen and oxygen atoms in total. The van der Waals surface area contributed by atoms with Crippen LogP contribution >= 0.6 is 0 Å². The van der Waals surface area contributed by atoms with E-state index in [-0.39, 0.29) is 6.04 Å². The topological polar surface area (TPSA) is 72.2 Å². The first-order chi connectivity index (χ1) is 7.94. The number of rotatable bonds is 4. The molecule has 3 N–H and O–H groups in total. The SMILES string of the molecule is CCc1ccc(N)cc1S(=O)(=O)NC1CC1C. The predicted molar refractivity (Wildman–Crippen MR) is 68.1 cm³/mol. The van der Waals surface area contributed by atoms with Crippen LogP contribution < -0.4 is 10.5 Å². The summed E-state index contributed by atoms with van der Waals surface area (Å²) in [6.45, 7) is 3.97. The maximum atomic E-state index is 12.2. The van der Waals surface area contributed by atoms with Crippen LogP contribution in [-0.4, -0.2) is 14.5 Å². The van der Waals surface area contributed by atoms with E-state index in [0.29, 0.717) is 22.9 Å². The second-order valence-electron chi connectivity index (χ2n) is 4.66. The first-order valence-corrected chi connectivity index (χ1v) is 7.33. The van der Waals surface area contributed by atoms with Gasteiger partial charge in [-0.3, -0.25) is 0 Å². The Morgan fingerprint density at radius 1 is 1.47 bits per heavy atom. The van der Waals surface area contributed by atoms with Crippen LogP contribution in [0.3, 0.4) is 0 Å². The molecule has 0 spiro atoms. The van der Waals surface area contributed by atoms with Gasteiger partial charge >= 0.3 is 0 Å². The second kappa shape index (κ2) is 4.31. The summed E-state index contributed by atoms with van der Waals surface area (Å²) in [7, 11) is -3.43. The molecule has 0 heterocycles. The van der Waals surface area contributed by atoms with Gasteiger partial charge in [-0.15, -0.1) is 0 Å².